The van der Waals surface area contributed by atoms with Gasteiger partial charge in [0.15, 0.2) is 5.82 Å². The fourth-order valence-electron chi connectivity index (χ4n) is 1.25. The number of benzene rings is 1. The average Bonchev–Trinajstić information content (AvgIpc) is 2.32. The minimum absolute atomic E-state index is 0.150. The Balaban J connectivity index is 2.19. The molecule has 1 amide bonds. The maximum atomic E-state index is 13.4. The number of carbonyl (C=O) groups excluding carboxylic acids is 1. The molecule has 0 aliphatic heterocycles. The van der Waals surface area contributed by atoms with E-state index in [0.29, 0.717) is 0 Å². The lowest BCUT2D eigenvalue weighted by molar-refractivity contribution is 0.102. The molecular weight excluding hydrogens is 261 g/mol. The van der Waals surface area contributed by atoms with Crippen molar-refractivity contribution in [1.82, 2.24) is 9.97 Å². The van der Waals surface area contributed by atoms with Gasteiger partial charge in [0.2, 0.25) is 0 Å². The highest BCUT2D eigenvalue weighted by Crippen LogP contribution is 2.16. The summed E-state index contributed by atoms with van der Waals surface area (Å²) < 4.78 is 13.4. The molecule has 18 heavy (non-hydrogen) atoms. The summed E-state index contributed by atoms with van der Waals surface area (Å²) in [5.74, 6) is -1.62. The lowest BCUT2D eigenvalue weighted by Crippen LogP contribution is -2.14. The van der Waals surface area contributed by atoms with Gasteiger partial charge in [0.1, 0.15) is 16.7 Å². The van der Waals surface area contributed by atoms with Crippen LogP contribution in [0.2, 0.25) is 5.15 Å². The van der Waals surface area contributed by atoms with Crippen molar-refractivity contribution in [1.29, 1.82) is 0 Å². The number of halogens is 2. The molecule has 0 fully saturated rings. The monoisotopic (exact) mass is 267 g/mol. The molecule has 0 unspecified atom stereocenters. The van der Waals surface area contributed by atoms with Crippen molar-refractivity contribution in [2.45, 2.75) is 0 Å². The topological polar surface area (TPSA) is 75.1 Å². The molecule has 2 N–H and O–H groups in total. The van der Waals surface area contributed by atoms with Crippen LogP contribution in [0.25, 0.3) is 0 Å². The summed E-state index contributed by atoms with van der Waals surface area (Å²) >= 11 is 5.53. The summed E-state index contributed by atoms with van der Waals surface area (Å²) in [5, 5.41) is 11.6. The molecule has 0 aliphatic carbocycles. The molecule has 0 saturated carbocycles. The van der Waals surface area contributed by atoms with E-state index in [0.717, 1.165) is 6.07 Å². The summed E-state index contributed by atoms with van der Waals surface area (Å²) in [7, 11) is 0. The first-order valence-corrected chi connectivity index (χ1v) is 5.21. The fraction of sp³-hybridized carbons (Fsp3) is 0. The highest BCUT2D eigenvalue weighted by Gasteiger charge is 2.12. The Morgan fingerprint density at radius 3 is 2.72 bits per heavy atom. The number of rotatable bonds is 2. The highest BCUT2D eigenvalue weighted by molar-refractivity contribution is 6.29. The third kappa shape index (κ3) is 2.72. The van der Waals surface area contributed by atoms with E-state index < -0.39 is 11.7 Å². The van der Waals surface area contributed by atoms with E-state index in [4.69, 9.17) is 16.7 Å². The van der Waals surface area contributed by atoms with Crippen LogP contribution in [0.4, 0.5) is 10.2 Å². The SMILES string of the molecule is O=C(Nc1cnc(Cl)cn1)c1ccc(O)cc1F. The predicted molar refractivity (Wildman–Crippen MR) is 63.1 cm³/mol. The van der Waals surface area contributed by atoms with E-state index in [9.17, 15) is 9.18 Å². The Morgan fingerprint density at radius 2 is 2.11 bits per heavy atom. The summed E-state index contributed by atoms with van der Waals surface area (Å²) in [4.78, 5) is 19.2. The van der Waals surface area contributed by atoms with Crippen LogP contribution < -0.4 is 5.32 Å². The minimum Gasteiger partial charge on any atom is -0.508 e. The number of anilines is 1. The first kappa shape index (κ1) is 12.3. The van der Waals surface area contributed by atoms with E-state index in [1.54, 1.807) is 0 Å². The molecule has 0 spiro atoms. The Kier molecular flexibility index (Phi) is 3.38. The van der Waals surface area contributed by atoms with Gasteiger partial charge in [0.25, 0.3) is 5.91 Å². The van der Waals surface area contributed by atoms with Crippen LogP contribution in [0.1, 0.15) is 10.4 Å². The Bertz CT molecular complexity index is 589. The molecule has 1 aromatic carbocycles. The van der Waals surface area contributed by atoms with Gasteiger partial charge in [0.05, 0.1) is 18.0 Å². The van der Waals surface area contributed by atoms with Crippen LogP contribution in [0, 0.1) is 5.82 Å². The Hall–Kier alpha value is -2.21. The van der Waals surface area contributed by atoms with Crippen molar-refractivity contribution < 1.29 is 14.3 Å². The number of nitrogens with one attached hydrogen (secondary N) is 1. The molecule has 2 rings (SSSR count). The minimum atomic E-state index is -0.825. The van der Waals surface area contributed by atoms with Gasteiger partial charge in [-0.25, -0.2) is 14.4 Å². The zero-order valence-corrected chi connectivity index (χ0v) is 9.65. The molecule has 2 aromatic rings. The summed E-state index contributed by atoms with van der Waals surface area (Å²) in [5.41, 5.74) is -0.204. The van der Waals surface area contributed by atoms with Gasteiger partial charge in [-0.05, 0) is 12.1 Å². The Labute approximate surface area is 106 Å². The first-order valence-electron chi connectivity index (χ1n) is 4.83. The quantitative estimate of drug-likeness (QED) is 0.875. The van der Waals surface area contributed by atoms with Crippen molar-refractivity contribution >= 4 is 23.3 Å². The van der Waals surface area contributed by atoms with Crippen LogP contribution >= 0.6 is 11.6 Å². The summed E-state index contributed by atoms with van der Waals surface area (Å²) in [6.07, 6.45) is 2.50. The molecular formula is C11H7ClFN3O2. The van der Waals surface area contributed by atoms with Crippen LogP contribution in [0.15, 0.2) is 30.6 Å². The van der Waals surface area contributed by atoms with Crippen LogP contribution in [0.3, 0.4) is 0 Å². The predicted octanol–water partition coefficient (Wildman–Crippen LogP) is 2.23. The second-order valence-electron chi connectivity index (χ2n) is 3.34. The van der Waals surface area contributed by atoms with Gasteiger partial charge in [-0.15, -0.1) is 0 Å². The van der Waals surface area contributed by atoms with Crippen molar-refractivity contribution in [2.75, 3.05) is 5.32 Å². The van der Waals surface area contributed by atoms with E-state index in [1.165, 1.54) is 24.5 Å². The fourth-order valence-corrected chi connectivity index (χ4v) is 1.35. The number of hydrogen-bond donors (Lipinski definition) is 2. The maximum absolute atomic E-state index is 13.4. The lowest BCUT2D eigenvalue weighted by Gasteiger charge is -2.05. The number of phenolic OH excluding ortho intramolecular Hbond substituents is 1. The normalized spacial score (nSPS) is 10.1. The molecule has 0 radical (unpaired) electrons. The maximum Gasteiger partial charge on any atom is 0.259 e. The molecule has 0 bridgehead atoms. The standard InChI is InChI=1S/C11H7ClFN3O2/c12-9-4-15-10(5-14-9)16-11(18)7-2-1-6(17)3-8(7)13/h1-5,17H,(H,15,16,18). The van der Waals surface area contributed by atoms with E-state index >= 15 is 0 Å². The van der Waals surface area contributed by atoms with E-state index in [-0.39, 0.29) is 22.3 Å². The molecule has 0 saturated heterocycles. The lowest BCUT2D eigenvalue weighted by atomic mass is 10.2. The van der Waals surface area contributed by atoms with E-state index in [1.807, 2.05) is 0 Å². The zero-order valence-electron chi connectivity index (χ0n) is 8.89. The van der Waals surface area contributed by atoms with Gasteiger partial charge in [-0.1, -0.05) is 11.6 Å². The van der Waals surface area contributed by atoms with Crippen LogP contribution in [-0.4, -0.2) is 21.0 Å². The largest absolute Gasteiger partial charge is 0.508 e. The summed E-state index contributed by atoms with van der Waals surface area (Å²) in [6, 6.07) is 3.23. The number of aromatic nitrogens is 2. The van der Waals surface area contributed by atoms with Gasteiger partial charge in [-0.2, -0.15) is 0 Å². The van der Waals surface area contributed by atoms with Crippen LogP contribution in [0.5, 0.6) is 5.75 Å². The van der Waals surface area contributed by atoms with Gasteiger partial charge >= 0.3 is 0 Å². The van der Waals surface area contributed by atoms with Gasteiger partial charge in [-0.3, -0.25) is 4.79 Å². The van der Waals surface area contributed by atoms with E-state index in [2.05, 4.69) is 15.3 Å². The number of aromatic hydroxyl groups is 1. The van der Waals surface area contributed by atoms with Crippen molar-refractivity contribution in [3.8, 4) is 5.75 Å². The third-order valence-corrected chi connectivity index (χ3v) is 2.25. The molecule has 1 heterocycles. The zero-order chi connectivity index (χ0) is 13.1. The molecule has 1 aromatic heterocycles. The smallest absolute Gasteiger partial charge is 0.259 e. The van der Waals surface area contributed by atoms with Gasteiger partial charge < -0.3 is 10.4 Å². The average molecular weight is 268 g/mol. The molecule has 92 valence electrons. The molecule has 7 heteroatoms. The van der Waals surface area contributed by atoms with Crippen molar-refractivity contribution in [3.63, 3.8) is 0 Å². The van der Waals surface area contributed by atoms with Gasteiger partial charge in [0, 0.05) is 6.07 Å². The molecule has 0 aliphatic rings. The summed E-state index contributed by atoms with van der Waals surface area (Å²) in [6.45, 7) is 0. The van der Waals surface area contributed by atoms with Crippen molar-refractivity contribution in [2.24, 2.45) is 0 Å². The second-order valence-corrected chi connectivity index (χ2v) is 3.73. The highest BCUT2D eigenvalue weighted by atomic mass is 35.5. The first-order chi connectivity index (χ1) is 8.56. The number of carbonyl (C=O) groups is 1. The number of hydrogen-bond acceptors (Lipinski definition) is 4. The number of phenols is 1. The van der Waals surface area contributed by atoms with Crippen molar-refractivity contribution in [3.05, 3.63) is 47.1 Å². The van der Waals surface area contributed by atoms with Crippen LogP contribution in [-0.2, 0) is 0 Å². The Morgan fingerprint density at radius 1 is 1.33 bits per heavy atom. The molecule has 0 atom stereocenters. The third-order valence-electron chi connectivity index (χ3n) is 2.06. The molecule has 5 nitrogen and oxygen atoms in total. The number of amides is 1. The number of nitrogens with zero attached hydrogens (tertiary/aromatic N) is 2. The second kappa shape index (κ2) is 4.97.